The number of nitrogens with two attached hydrogens (primary N) is 1. The number of rotatable bonds is 3. The Balaban J connectivity index is 2.69. The molecule has 0 saturated carbocycles. The summed E-state index contributed by atoms with van der Waals surface area (Å²) in [4.78, 5) is 10.7. The van der Waals surface area contributed by atoms with E-state index in [1.807, 2.05) is 38.1 Å². The average Bonchev–Trinajstić information content (AvgIpc) is 2.14. The zero-order valence-corrected chi connectivity index (χ0v) is 9.50. The van der Waals surface area contributed by atoms with E-state index in [0.717, 1.165) is 11.1 Å². The largest absolute Gasteiger partial charge is 0.352 e. The van der Waals surface area contributed by atoms with Gasteiger partial charge in [0.05, 0.1) is 0 Å². The highest BCUT2D eigenvalue weighted by Gasteiger charge is 2.12. The molecular formula is C12H18N2O. The monoisotopic (exact) mass is 206 g/mol. The van der Waals surface area contributed by atoms with Crippen molar-refractivity contribution < 1.29 is 4.79 Å². The second kappa shape index (κ2) is 4.45. The third kappa shape index (κ3) is 3.72. The van der Waals surface area contributed by atoms with Gasteiger partial charge in [-0.1, -0.05) is 24.3 Å². The molecule has 0 unspecified atom stereocenters. The molecule has 0 aliphatic rings. The maximum Gasteiger partial charge on any atom is 0.217 e. The van der Waals surface area contributed by atoms with Crippen LogP contribution >= 0.6 is 0 Å². The first-order chi connectivity index (χ1) is 6.89. The number of carbonyl (C=O) groups is 1. The molecule has 0 heterocycles. The van der Waals surface area contributed by atoms with Gasteiger partial charge in [0.1, 0.15) is 0 Å². The smallest absolute Gasteiger partial charge is 0.217 e. The lowest BCUT2D eigenvalue weighted by atomic mass is 9.95. The molecular weight excluding hydrogens is 188 g/mol. The summed E-state index contributed by atoms with van der Waals surface area (Å²) in [7, 11) is 0. The molecule has 0 spiro atoms. The van der Waals surface area contributed by atoms with Gasteiger partial charge in [0.15, 0.2) is 0 Å². The van der Waals surface area contributed by atoms with E-state index < -0.39 is 0 Å². The minimum absolute atomic E-state index is 0.0155. The number of nitrogens with one attached hydrogen (secondary N) is 1. The van der Waals surface area contributed by atoms with Crippen molar-refractivity contribution in [1.82, 2.24) is 5.32 Å². The van der Waals surface area contributed by atoms with Crippen LogP contribution in [0.3, 0.4) is 0 Å². The second-order valence-electron chi connectivity index (χ2n) is 4.33. The van der Waals surface area contributed by atoms with E-state index in [-0.39, 0.29) is 11.4 Å². The molecule has 15 heavy (non-hydrogen) atoms. The number of hydrogen-bond donors (Lipinski definition) is 2. The molecule has 1 aromatic carbocycles. The lowest BCUT2D eigenvalue weighted by Gasteiger charge is -2.19. The Morgan fingerprint density at radius 3 is 2.27 bits per heavy atom. The van der Waals surface area contributed by atoms with Gasteiger partial charge in [-0.2, -0.15) is 0 Å². The van der Waals surface area contributed by atoms with Crippen molar-refractivity contribution in [2.45, 2.75) is 32.9 Å². The maximum absolute atomic E-state index is 10.7. The topological polar surface area (TPSA) is 55.1 Å². The van der Waals surface area contributed by atoms with E-state index in [0.29, 0.717) is 6.54 Å². The van der Waals surface area contributed by atoms with Crippen LogP contribution in [0.25, 0.3) is 0 Å². The highest BCUT2D eigenvalue weighted by atomic mass is 16.1. The summed E-state index contributed by atoms with van der Waals surface area (Å²) in [5.41, 5.74) is 7.82. The molecule has 1 aromatic rings. The van der Waals surface area contributed by atoms with Crippen molar-refractivity contribution >= 4 is 5.91 Å². The van der Waals surface area contributed by atoms with Crippen LogP contribution in [0.2, 0.25) is 0 Å². The van der Waals surface area contributed by atoms with Crippen LogP contribution in [0, 0.1) is 0 Å². The van der Waals surface area contributed by atoms with Crippen LogP contribution in [0.4, 0.5) is 0 Å². The standard InChI is InChI=1S/C12H18N2O/c1-9(15)14-8-10-4-6-11(7-5-10)12(2,3)13/h4-7H,8,13H2,1-3H3,(H,14,15). The highest BCUT2D eigenvalue weighted by Crippen LogP contribution is 2.16. The van der Waals surface area contributed by atoms with Gasteiger partial charge in [0, 0.05) is 19.0 Å². The Morgan fingerprint density at radius 1 is 1.33 bits per heavy atom. The molecule has 3 heteroatoms. The predicted molar refractivity (Wildman–Crippen MR) is 61.2 cm³/mol. The van der Waals surface area contributed by atoms with Crippen LogP contribution in [0.1, 0.15) is 31.9 Å². The van der Waals surface area contributed by atoms with Crippen molar-refractivity contribution in [2.75, 3.05) is 0 Å². The Hall–Kier alpha value is -1.35. The van der Waals surface area contributed by atoms with Crippen molar-refractivity contribution in [2.24, 2.45) is 5.73 Å². The minimum atomic E-state index is -0.313. The Kier molecular flexibility index (Phi) is 3.48. The summed E-state index contributed by atoms with van der Waals surface area (Å²) in [5, 5.41) is 2.75. The number of hydrogen-bond acceptors (Lipinski definition) is 2. The first-order valence-corrected chi connectivity index (χ1v) is 5.02. The van der Waals surface area contributed by atoms with E-state index in [2.05, 4.69) is 5.32 Å². The van der Waals surface area contributed by atoms with Gasteiger partial charge < -0.3 is 11.1 Å². The number of benzene rings is 1. The lowest BCUT2D eigenvalue weighted by Crippen LogP contribution is -2.28. The van der Waals surface area contributed by atoms with Crippen molar-refractivity contribution in [3.63, 3.8) is 0 Å². The predicted octanol–water partition coefficient (Wildman–Crippen LogP) is 1.52. The molecule has 0 radical (unpaired) electrons. The number of amides is 1. The fourth-order valence-electron chi connectivity index (χ4n) is 1.28. The average molecular weight is 206 g/mol. The molecule has 0 aromatic heterocycles. The third-order valence-corrected chi connectivity index (χ3v) is 2.24. The normalized spacial score (nSPS) is 11.2. The van der Waals surface area contributed by atoms with E-state index in [1.165, 1.54) is 6.92 Å². The van der Waals surface area contributed by atoms with E-state index in [4.69, 9.17) is 5.73 Å². The fourth-order valence-corrected chi connectivity index (χ4v) is 1.28. The van der Waals surface area contributed by atoms with Crippen molar-refractivity contribution in [1.29, 1.82) is 0 Å². The lowest BCUT2D eigenvalue weighted by molar-refractivity contribution is -0.119. The molecule has 0 saturated heterocycles. The Morgan fingerprint density at radius 2 is 1.87 bits per heavy atom. The van der Waals surface area contributed by atoms with Gasteiger partial charge in [-0.05, 0) is 25.0 Å². The van der Waals surface area contributed by atoms with Crippen LogP contribution in [0.5, 0.6) is 0 Å². The fraction of sp³-hybridized carbons (Fsp3) is 0.417. The summed E-state index contributed by atoms with van der Waals surface area (Å²) in [6.07, 6.45) is 0. The summed E-state index contributed by atoms with van der Waals surface area (Å²) in [6.45, 7) is 6.02. The molecule has 0 fully saturated rings. The zero-order chi connectivity index (χ0) is 11.5. The molecule has 0 bridgehead atoms. The van der Waals surface area contributed by atoms with Crippen LogP contribution < -0.4 is 11.1 Å². The van der Waals surface area contributed by atoms with Gasteiger partial charge >= 0.3 is 0 Å². The van der Waals surface area contributed by atoms with Crippen LogP contribution in [-0.4, -0.2) is 5.91 Å². The SMILES string of the molecule is CC(=O)NCc1ccc(C(C)(C)N)cc1. The Bertz CT molecular complexity index is 336. The summed E-state index contributed by atoms with van der Waals surface area (Å²) in [6, 6.07) is 7.97. The zero-order valence-electron chi connectivity index (χ0n) is 9.50. The molecule has 0 atom stereocenters. The first kappa shape index (κ1) is 11.7. The summed E-state index contributed by atoms with van der Waals surface area (Å²) in [5.74, 6) is -0.0155. The number of carbonyl (C=O) groups excluding carboxylic acids is 1. The van der Waals surface area contributed by atoms with Crippen LogP contribution in [0.15, 0.2) is 24.3 Å². The molecule has 3 nitrogen and oxygen atoms in total. The summed E-state index contributed by atoms with van der Waals surface area (Å²) < 4.78 is 0. The second-order valence-corrected chi connectivity index (χ2v) is 4.33. The van der Waals surface area contributed by atoms with Crippen LogP contribution in [-0.2, 0) is 16.9 Å². The first-order valence-electron chi connectivity index (χ1n) is 5.02. The molecule has 1 amide bonds. The minimum Gasteiger partial charge on any atom is -0.352 e. The molecule has 1 rings (SSSR count). The molecule has 3 N–H and O–H groups in total. The summed E-state index contributed by atoms with van der Waals surface area (Å²) >= 11 is 0. The van der Waals surface area contributed by atoms with E-state index in [1.54, 1.807) is 0 Å². The van der Waals surface area contributed by atoms with Gasteiger partial charge in [-0.15, -0.1) is 0 Å². The Labute approximate surface area is 90.7 Å². The van der Waals surface area contributed by atoms with Gasteiger partial charge in [-0.25, -0.2) is 0 Å². The van der Waals surface area contributed by atoms with Crippen molar-refractivity contribution in [3.05, 3.63) is 35.4 Å². The molecule has 82 valence electrons. The third-order valence-electron chi connectivity index (χ3n) is 2.24. The van der Waals surface area contributed by atoms with Gasteiger partial charge in [-0.3, -0.25) is 4.79 Å². The molecule has 0 aliphatic heterocycles. The highest BCUT2D eigenvalue weighted by molar-refractivity contribution is 5.72. The van der Waals surface area contributed by atoms with E-state index in [9.17, 15) is 4.79 Å². The van der Waals surface area contributed by atoms with Crippen molar-refractivity contribution in [3.8, 4) is 0 Å². The molecule has 0 aliphatic carbocycles. The van der Waals surface area contributed by atoms with Gasteiger partial charge in [0.2, 0.25) is 5.91 Å². The van der Waals surface area contributed by atoms with E-state index >= 15 is 0 Å². The quantitative estimate of drug-likeness (QED) is 0.787. The maximum atomic E-state index is 10.7. The van der Waals surface area contributed by atoms with Gasteiger partial charge in [0.25, 0.3) is 0 Å².